The van der Waals surface area contributed by atoms with Crippen LogP contribution in [0.25, 0.3) is 0 Å². The van der Waals surface area contributed by atoms with Gasteiger partial charge in [-0.05, 0) is 110 Å². The van der Waals surface area contributed by atoms with Gasteiger partial charge in [0.15, 0.2) is 23.0 Å². The highest BCUT2D eigenvalue weighted by atomic mass is 16.6. The van der Waals surface area contributed by atoms with Crippen LogP contribution in [0.3, 0.4) is 0 Å². The van der Waals surface area contributed by atoms with Gasteiger partial charge in [0.1, 0.15) is 23.0 Å². The smallest absolute Gasteiger partial charge is 0.413 e. The van der Waals surface area contributed by atoms with Crippen molar-refractivity contribution in [1.29, 1.82) is 0 Å². The number of amides is 4. The van der Waals surface area contributed by atoms with E-state index in [0.29, 0.717) is 48.7 Å². The molecule has 0 aliphatic carbocycles. The minimum absolute atomic E-state index is 0.0385. The average Bonchev–Trinajstić information content (AvgIpc) is 4.05. The summed E-state index contributed by atoms with van der Waals surface area (Å²) in [6, 6.07) is 23.6. The summed E-state index contributed by atoms with van der Waals surface area (Å²) in [6.07, 6.45) is 5.50. The van der Waals surface area contributed by atoms with Crippen LogP contribution in [-0.4, -0.2) is 24.4 Å². The van der Waals surface area contributed by atoms with Crippen LogP contribution in [0.1, 0.15) is 47.0 Å². The van der Waals surface area contributed by atoms with Gasteiger partial charge < -0.3 is 57.9 Å². The number of furan rings is 4. The summed E-state index contributed by atoms with van der Waals surface area (Å²) < 4.78 is 43.0. The summed E-state index contributed by atoms with van der Waals surface area (Å²) in [5, 5.41) is 10.4. The number of ether oxygens (including phenoxy) is 4. The fourth-order valence-electron chi connectivity index (χ4n) is 5.24. The molecule has 0 aliphatic heterocycles. The summed E-state index contributed by atoms with van der Waals surface area (Å²) in [7, 11) is 0. The molecule has 2 aromatic carbocycles. The standard InChI is InChI=1S/C40H38N4O12/c45-37(41-23-29-9-3-17-49-29)53-33-15-13-27(21-35(33)55-39(47)43-25-31-11-5-19-51-31)7-1-2-8-28-14-16-34(54-38(46)42-24-30-10-4-18-50-30)36(22-28)56-40(48)44-26-32-12-6-20-52-32/h3-6,9-22H,1-2,7-8,23-26H2,(H,41,45)(H,42,46)(H,43,47)(H,44,48). The lowest BCUT2D eigenvalue weighted by Gasteiger charge is -2.14. The fraction of sp³-hybridized carbons (Fsp3) is 0.200. The van der Waals surface area contributed by atoms with E-state index in [-0.39, 0.29) is 49.2 Å². The zero-order valence-corrected chi connectivity index (χ0v) is 29.9. The highest BCUT2D eigenvalue weighted by molar-refractivity contribution is 5.75. The molecule has 0 radical (unpaired) electrons. The van der Waals surface area contributed by atoms with Crippen LogP contribution in [0.5, 0.6) is 23.0 Å². The normalized spacial score (nSPS) is 10.6. The van der Waals surface area contributed by atoms with Gasteiger partial charge in [-0.3, -0.25) is 0 Å². The van der Waals surface area contributed by atoms with E-state index >= 15 is 0 Å². The number of carbonyl (C=O) groups excluding carboxylic acids is 4. The van der Waals surface area contributed by atoms with Gasteiger partial charge in [-0.15, -0.1) is 0 Å². The maximum absolute atomic E-state index is 12.7. The third kappa shape index (κ3) is 12.1. The minimum atomic E-state index is -0.769. The van der Waals surface area contributed by atoms with Crippen LogP contribution < -0.4 is 40.2 Å². The second kappa shape index (κ2) is 19.6. The summed E-state index contributed by atoms with van der Waals surface area (Å²) in [4.78, 5) is 50.5. The van der Waals surface area contributed by atoms with Crippen molar-refractivity contribution in [1.82, 2.24) is 21.3 Å². The van der Waals surface area contributed by atoms with Crippen molar-refractivity contribution in [3.63, 3.8) is 0 Å². The largest absolute Gasteiger partial charge is 0.467 e. The maximum atomic E-state index is 12.7. The van der Waals surface area contributed by atoms with Gasteiger partial charge in [-0.1, -0.05) is 12.1 Å². The van der Waals surface area contributed by atoms with Crippen LogP contribution in [0.4, 0.5) is 19.2 Å². The van der Waals surface area contributed by atoms with Gasteiger partial charge in [0.25, 0.3) is 0 Å². The van der Waals surface area contributed by atoms with E-state index in [9.17, 15) is 19.2 Å². The molecule has 4 N–H and O–H groups in total. The minimum Gasteiger partial charge on any atom is -0.467 e. The molecule has 0 spiro atoms. The van der Waals surface area contributed by atoms with Crippen LogP contribution in [0.2, 0.25) is 0 Å². The van der Waals surface area contributed by atoms with Crippen LogP contribution in [-0.2, 0) is 39.0 Å². The Morgan fingerprint density at radius 1 is 0.411 bits per heavy atom. The number of rotatable bonds is 17. The molecule has 0 saturated carbocycles. The number of hydrogen-bond acceptors (Lipinski definition) is 12. The van der Waals surface area contributed by atoms with E-state index in [1.165, 1.54) is 25.1 Å². The van der Waals surface area contributed by atoms with E-state index in [0.717, 1.165) is 11.1 Å². The highest BCUT2D eigenvalue weighted by Gasteiger charge is 2.18. The predicted molar refractivity (Wildman–Crippen MR) is 196 cm³/mol. The molecule has 6 rings (SSSR count). The number of carbonyl (C=O) groups is 4. The van der Waals surface area contributed by atoms with Crippen molar-refractivity contribution >= 4 is 24.4 Å². The lowest BCUT2D eigenvalue weighted by molar-refractivity contribution is 0.188. The van der Waals surface area contributed by atoms with Crippen LogP contribution in [0, 0.1) is 0 Å². The van der Waals surface area contributed by atoms with Gasteiger partial charge in [0.05, 0.1) is 51.2 Å². The Morgan fingerprint density at radius 3 is 1.00 bits per heavy atom. The molecule has 0 fully saturated rings. The zero-order chi connectivity index (χ0) is 39.0. The van der Waals surface area contributed by atoms with Crippen molar-refractivity contribution in [3.8, 4) is 23.0 Å². The van der Waals surface area contributed by atoms with Gasteiger partial charge in [-0.25, -0.2) is 19.2 Å². The number of benzene rings is 2. The second-order valence-electron chi connectivity index (χ2n) is 12.1. The van der Waals surface area contributed by atoms with Crippen LogP contribution >= 0.6 is 0 Å². The molecular weight excluding hydrogens is 728 g/mol. The van der Waals surface area contributed by atoms with Crippen molar-refractivity contribution in [2.75, 3.05) is 0 Å². The van der Waals surface area contributed by atoms with Gasteiger partial charge >= 0.3 is 24.4 Å². The lowest BCUT2D eigenvalue weighted by Crippen LogP contribution is -2.28. The van der Waals surface area contributed by atoms with Crippen LogP contribution in [0.15, 0.2) is 128 Å². The molecular formula is C40H38N4O12. The topological polar surface area (TPSA) is 206 Å². The number of unbranched alkanes of at least 4 members (excludes halogenated alkanes) is 1. The first-order valence-electron chi connectivity index (χ1n) is 17.5. The lowest BCUT2D eigenvalue weighted by atomic mass is 10.0. The Balaban J connectivity index is 1.06. The summed E-state index contributed by atoms with van der Waals surface area (Å²) in [5.41, 5.74) is 1.65. The van der Waals surface area contributed by atoms with Crippen molar-refractivity contribution in [3.05, 3.63) is 144 Å². The zero-order valence-electron chi connectivity index (χ0n) is 29.9. The molecule has 0 bridgehead atoms. The van der Waals surface area contributed by atoms with Gasteiger partial charge in [-0.2, -0.15) is 0 Å². The molecule has 56 heavy (non-hydrogen) atoms. The Kier molecular flexibility index (Phi) is 13.5. The third-order valence-electron chi connectivity index (χ3n) is 7.96. The molecule has 16 heteroatoms. The van der Waals surface area contributed by atoms with Gasteiger partial charge in [0.2, 0.25) is 0 Å². The Morgan fingerprint density at radius 2 is 0.714 bits per heavy atom. The molecule has 4 amide bonds. The van der Waals surface area contributed by atoms with Crippen molar-refractivity contribution in [2.24, 2.45) is 0 Å². The highest BCUT2D eigenvalue weighted by Crippen LogP contribution is 2.31. The van der Waals surface area contributed by atoms with E-state index in [2.05, 4.69) is 21.3 Å². The second-order valence-corrected chi connectivity index (χ2v) is 12.1. The molecule has 0 atom stereocenters. The molecule has 0 aliphatic rings. The number of aryl methyl sites for hydroxylation is 2. The molecule has 4 heterocycles. The Hall–Kier alpha value is -7.36. The molecule has 6 aromatic rings. The molecule has 0 saturated heterocycles. The van der Waals surface area contributed by atoms with Gasteiger partial charge in [0, 0.05) is 0 Å². The quantitative estimate of drug-likeness (QED) is 0.0657. The first-order valence-corrected chi connectivity index (χ1v) is 17.5. The first kappa shape index (κ1) is 38.4. The monoisotopic (exact) mass is 766 g/mol. The van der Waals surface area contributed by atoms with E-state index in [1.807, 2.05) is 0 Å². The van der Waals surface area contributed by atoms with E-state index < -0.39 is 24.4 Å². The summed E-state index contributed by atoms with van der Waals surface area (Å²) >= 11 is 0. The summed E-state index contributed by atoms with van der Waals surface area (Å²) in [6.45, 7) is 0.404. The van der Waals surface area contributed by atoms with E-state index in [1.54, 1.807) is 84.9 Å². The fourth-order valence-corrected chi connectivity index (χ4v) is 5.24. The van der Waals surface area contributed by atoms with Crippen molar-refractivity contribution in [2.45, 2.75) is 51.9 Å². The Labute approximate surface area is 320 Å². The predicted octanol–water partition coefficient (Wildman–Crippen LogP) is 7.78. The average molecular weight is 767 g/mol. The first-order chi connectivity index (χ1) is 27.4. The van der Waals surface area contributed by atoms with Crippen molar-refractivity contribution < 1.29 is 55.8 Å². The number of hydrogen-bond donors (Lipinski definition) is 4. The summed E-state index contributed by atoms with van der Waals surface area (Å²) in [5.74, 6) is 2.31. The SMILES string of the molecule is O=C(NCc1ccco1)Oc1ccc(CCCCc2ccc(OC(=O)NCc3ccco3)c(OC(=O)NCc3ccco3)c2)cc1OC(=O)NCc1ccco1. The molecule has 0 unspecified atom stereocenters. The molecule has 16 nitrogen and oxygen atoms in total. The van der Waals surface area contributed by atoms with E-state index in [4.69, 9.17) is 36.6 Å². The molecule has 4 aromatic heterocycles. The Bertz CT molecular complexity index is 1990. The molecule has 290 valence electrons. The number of nitrogens with one attached hydrogen (secondary N) is 4. The maximum Gasteiger partial charge on any atom is 0.413 e. The third-order valence-corrected chi connectivity index (χ3v) is 7.96.